The van der Waals surface area contributed by atoms with Crippen LogP contribution in [-0.4, -0.2) is 147 Å². The van der Waals surface area contributed by atoms with Crippen LogP contribution in [0, 0.1) is 11.8 Å². The number of hydrogen-bond donors (Lipinski definition) is 1. The summed E-state index contributed by atoms with van der Waals surface area (Å²) < 4.78 is 23.6. The van der Waals surface area contributed by atoms with E-state index in [1.807, 2.05) is 9.80 Å². The van der Waals surface area contributed by atoms with E-state index in [1.54, 1.807) is 0 Å². The summed E-state index contributed by atoms with van der Waals surface area (Å²) in [4.78, 5) is 61.2. The Morgan fingerprint density at radius 2 is 0.662 bits per heavy atom. The van der Waals surface area contributed by atoms with Crippen molar-refractivity contribution in [3.05, 3.63) is 0 Å². The third kappa shape index (κ3) is 46.8. The third-order valence-corrected chi connectivity index (χ3v) is 15.3. The fraction of sp³-hybridized carbons (Fsp3) is 0.938. The Morgan fingerprint density at radius 1 is 0.338 bits per heavy atom. The molecule has 1 N–H and O–H groups in total. The molecule has 0 aromatic rings. The first kappa shape index (κ1) is 74.4. The summed E-state index contributed by atoms with van der Waals surface area (Å²) in [6.07, 6.45) is 36.8. The Balaban J connectivity index is 5.50. The van der Waals surface area contributed by atoms with Crippen LogP contribution in [0.4, 0.5) is 9.59 Å². The SMILES string of the molecule is CCCCCCCN(CCCCCC(=O)OCC(CCCCC)CCCCC)C(=O)OCCN(CCCN(CC)CCCO)CCOC(=O)N(CCCCCCC)CCCCCC(=O)OCC(CCCCC)CCCCC. The zero-order valence-corrected chi connectivity index (χ0v) is 51.7. The molecule has 0 aliphatic carbocycles. The van der Waals surface area contributed by atoms with Crippen LogP contribution < -0.4 is 0 Å². The van der Waals surface area contributed by atoms with E-state index < -0.39 is 0 Å². The van der Waals surface area contributed by atoms with Gasteiger partial charge in [-0.1, -0.05) is 190 Å². The molecule has 0 spiro atoms. The number of ether oxygens (including phenoxy) is 4. The molecule has 0 atom stereocenters. The minimum atomic E-state index is -0.291. The number of rotatable bonds is 58. The van der Waals surface area contributed by atoms with Crippen molar-refractivity contribution in [2.45, 2.75) is 280 Å². The highest BCUT2D eigenvalue weighted by molar-refractivity contribution is 5.70. The molecule has 0 bridgehead atoms. The van der Waals surface area contributed by atoms with E-state index in [2.05, 4.69) is 58.3 Å². The summed E-state index contributed by atoms with van der Waals surface area (Å²) >= 11 is 0. The lowest BCUT2D eigenvalue weighted by atomic mass is 9.96. The van der Waals surface area contributed by atoms with Crippen LogP contribution >= 0.6 is 0 Å². The Morgan fingerprint density at radius 3 is 1.01 bits per heavy atom. The standard InChI is InChI=1S/C64H126N4O9/c1-8-15-21-23-33-48-67(50-35-25-31-43-61(70)76-57-59(39-27-17-10-3)40-28-18-11-4)63(72)74-55-52-66(46-37-45-65(14-7)47-38-54-69)53-56-75-64(73)68(49-34-24-22-16-9-2)51-36-26-32-44-62(71)77-58-60(41-29-19-12-5)42-30-20-13-6/h59-60,69H,8-58H2,1-7H3. The molecule has 0 saturated carbocycles. The maximum absolute atomic E-state index is 13.7. The second-order valence-corrected chi connectivity index (χ2v) is 22.4. The van der Waals surface area contributed by atoms with Crippen molar-refractivity contribution < 1.29 is 43.2 Å². The molecule has 13 heteroatoms. The molecular weight excluding hydrogens is 969 g/mol. The van der Waals surface area contributed by atoms with Gasteiger partial charge < -0.3 is 38.8 Å². The van der Waals surface area contributed by atoms with Gasteiger partial charge in [-0.05, 0) is 109 Å². The number of aliphatic hydroxyl groups excluding tert-OH is 1. The molecule has 13 nitrogen and oxygen atoms in total. The average Bonchev–Trinajstić information content (AvgIpc) is 3.42. The van der Waals surface area contributed by atoms with Crippen LogP contribution in [0.2, 0.25) is 0 Å². The Labute approximate surface area is 475 Å². The predicted octanol–water partition coefficient (Wildman–Crippen LogP) is 16.0. The molecule has 456 valence electrons. The quantitative estimate of drug-likeness (QED) is 0.0354. The van der Waals surface area contributed by atoms with Gasteiger partial charge in [-0.2, -0.15) is 0 Å². The summed E-state index contributed by atoms with van der Waals surface area (Å²) in [5, 5.41) is 9.45. The molecular formula is C64H126N4O9. The third-order valence-electron chi connectivity index (χ3n) is 15.3. The second-order valence-electron chi connectivity index (χ2n) is 22.4. The molecule has 0 unspecified atom stereocenters. The summed E-state index contributed by atoms with van der Waals surface area (Å²) in [6, 6.07) is 0. The van der Waals surface area contributed by atoms with E-state index in [1.165, 1.54) is 103 Å². The molecule has 0 rings (SSSR count). The Bertz CT molecular complexity index is 1220. The lowest BCUT2D eigenvalue weighted by Gasteiger charge is -2.27. The van der Waals surface area contributed by atoms with Crippen LogP contribution in [0.15, 0.2) is 0 Å². The monoisotopic (exact) mass is 1090 g/mol. The van der Waals surface area contributed by atoms with Gasteiger partial charge >= 0.3 is 24.1 Å². The van der Waals surface area contributed by atoms with Crippen LogP contribution in [0.25, 0.3) is 0 Å². The number of carbonyl (C=O) groups is 4. The van der Waals surface area contributed by atoms with Crippen molar-refractivity contribution in [3.8, 4) is 0 Å². The molecule has 77 heavy (non-hydrogen) atoms. The van der Waals surface area contributed by atoms with Crippen LogP contribution in [0.3, 0.4) is 0 Å². The first-order chi connectivity index (χ1) is 37.6. The van der Waals surface area contributed by atoms with Gasteiger partial charge in [0.25, 0.3) is 0 Å². The van der Waals surface area contributed by atoms with Gasteiger partial charge in [0, 0.05) is 65.3 Å². The molecule has 0 fully saturated rings. The van der Waals surface area contributed by atoms with Crippen molar-refractivity contribution in [1.29, 1.82) is 0 Å². The second kappa shape index (κ2) is 56.6. The highest BCUT2D eigenvalue weighted by Crippen LogP contribution is 2.21. The number of nitrogens with zero attached hydrogens (tertiary/aromatic N) is 4. The lowest BCUT2D eigenvalue weighted by Crippen LogP contribution is -2.39. The van der Waals surface area contributed by atoms with Crippen LogP contribution in [0.5, 0.6) is 0 Å². The van der Waals surface area contributed by atoms with Crippen molar-refractivity contribution in [2.24, 2.45) is 11.8 Å². The lowest BCUT2D eigenvalue weighted by molar-refractivity contribution is -0.146. The Kier molecular flexibility index (Phi) is 54.7. The van der Waals surface area contributed by atoms with Gasteiger partial charge in [-0.15, -0.1) is 0 Å². The van der Waals surface area contributed by atoms with Crippen LogP contribution in [-0.2, 0) is 28.5 Å². The van der Waals surface area contributed by atoms with Crippen molar-refractivity contribution in [1.82, 2.24) is 19.6 Å². The number of esters is 2. The molecule has 0 radical (unpaired) electrons. The van der Waals surface area contributed by atoms with E-state index in [4.69, 9.17) is 18.9 Å². The normalized spacial score (nSPS) is 11.6. The molecule has 0 saturated heterocycles. The summed E-state index contributed by atoms with van der Waals surface area (Å²) in [6.45, 7) is 24.1. The highest BCUT2D eigenvalue weighted by Gasteiger charge is 2.20. The zero-order valence-electron chi connectivity index (χ0n) is 51.7. The van der Waals surface area contributed by atoms with Crippen molar-refractivity contribution in [3.63, 3.8) is 0 Å². The number of hydrogen-bond acceptors (Lipinski definition) is 11. The first-order valence-electron chi connectivity index (χ1n) is 32.8. The van der Waals surface area contributed by atoms with E-state index in [9.17, 15) is 24.3 Å². The maximum atomic E-state index is 13.7. The van der Waals surface area contributed by atoms with E-state index in [-0.39, 0.29) is 43.9 Å². The number of aliphatic hydroxyl groups is 1. The van der Waals surface area contributed by atoms with Gasteiger partial charge in [0.15, 0.2) is 0 Å². The number of amides is 2. The van der Waals surface area contributed by atoms with Crippen molar-refractivity contribution in [2.75, 3.05) is 98.5 Å². The average molecular weight is 1100 g/mol. The summed E-state index contributed by atoms with van der Waals surface area (Å²) in [5.41, 5.74) is 0. The number of carbonyl (C=O) groups excluding carboxylic acids is 4. The molecule has 0 aromatic carbocycles. The minimum Gasteiger partial charge on any atom is -0.465 e. The maximum Gasteiger partial charge on any atom is 0.409 e. The highest BCUT2D eigenvalue weighted by atomic mass is 16.6. The summed E-state index contributed by atoms with van der Waals surface area (Å²) in [7, 11) is 0. The molecule has 0 aromatic heterocycles. The van der Waals surface area contributed by atoms with Gasteiger partial charge in [-0.25, -0.2) is 9.59 Å². The van der Waals surface area contributed by atoms with Gasteiger partial charge in [0.05, 0.1) is 13.2 Å². The molecule has 0 heterocycles. The Hall–Kier alpha value is -2.64. The van der Waals surface area contributed by atoms with Gasteiger partial charge in [0.1, 0.15) is 13.2 Å². The molecule has 2 amide bonds. The zero-order chi connectivity index (χ0) is 56.7. The van der Waals surface area contributed by atoms with Gasteiger partial charge in [-0.3, -0.25) is 14.5 Å². The first-order valence-corrected chi connectivity index (χ1v) is 32.8. The van der Waals surface area contributed by atoms with Crippen molar-refractivity contribution >= 4 is 24.1 Å². The largest absolute Gasteiger partial charge is 0.465 e. The smallest absolute Gasteiger partial charge is 0.409 e. The van der Waals surface area contributed by atoms with Gasteiger partial charge in [0.2, 0.25) is 0 Å². The fourth-order valence-corrected chi connectivity index (χ4v) is 10.1. The molecule has 0 aliphatic heterocycles. The predicted molar refractivity (Wildman–Crippen MR) is 321 cm³/mol. The van der Waals surface area contributed by atoms with E-state index in [0.29, 0.717) is 77.2 Å². The topological polar surface area (TPSA) is 138 Å². The fourth-order valence-electron chi connectivity index (χ4n) is 10.1. The van der Waals surface area contributed by atoms with E-state index >= 15 is 0 Å². The van der Waals surface area contributed by atoms with Crippen LogP contribution in [0.1, 0.15) is 280 Å². The van der Waals surface area contributed by atoms with E-state index in [0.717, 1.165) is 142 Å². The minimum absolute atomic E-state index is 0.105. The molecule has 0 aliphatic rings. The summed E-state index contributed by atoms with van der Waals surface area (Å²) in [5.74, 6) is 0.705. The number of unbranched alkanes of at least 4 members (excludes halogenated alkanes) is 20.